The van der Waals surface area contributed by atoms with E-state index in [0.717, 1.165) is 6.08 Å². The first-order valence-electron chi connectivity index (χ1n) is 10.9. The van der Waals surface area contributed by atoms with Gasteiger partial charge in [-0.2, -0.15) is 0 Å². The van der Waals surface area contributed by atoms with Crippen LogP contribution in [-0.2, 0) is 9.53 Å². The van der Waals surface area contributed by atoms with Gasteiger partial charge in [0.15, 0.2) is 11.5 Å². The molecule has 3 N–H and O–H groups in total. The number of aliphatic carboxylic acids is 1. The lowest BCUT2D eigenvalue weighted by atomic mass is 9.78. The van der Waals surface area contributed by atoms with Crippen molar-refractivity contribution in [2.24, 2.45) is 5.41 Å². The second-order valence-electron chi connectivity index (χ2n) is 8.36. The molecule has 1 aliphatic rings. The molecule has 1 aliphatic heterocycles. The Labute approximate surface area is 197 Å². The maximum absolute atomic E-state index is 12.9. The van der Waals surface area contributed by atoms with Crippen molar-refractivity contribution in [1.82, 2.24) is 0 Å². The minimum Gasteiger partial charge on any atom is -0.491 e. The minimum atomic E-state index is -1.02. The Balaban J connectivity index is 1.82. The summed E-state index contributed by atoms with van der Waals surface area (Å²) < 4.78 is 22.2. The van der Waals surface area contributed by atoms with E-state index in [-0.39, 0.29) is 20.0 Å². The third kappa shape index (κ3) is 6.64. The van der Waals surface area contributed by atoms with Crippen LogP contribution in [-0.4, -0.2) is 42.3 Å². The highest BCUT2D eigenvalue weighted by Gasteiger charge is 2.36. The summed E-state index contributed by atoms with van der Waals surface area (Å²) in [5, 5.41) is 20.8. The average Bonchev–Trinajstić information content (AvgIpc) is 3.27. The van der Waals surface area contributed by atoms with Crippen LogP contribution in [0, 0.1) is 5.41 Å². The SMILES string of the molecule is CC(C)(CC/C=C/C(=O)O)[C@@H](OC(=O)Nc1ccc2c(c1)OCO2)c1ccccc1OCCO. The zero-order valence-corrected chi connectivity index (χ0v) is 19.2. The molecule has 0 aliphatic carbocycles. The lowest BCUT2D eigenvalue weighted by Crippen LogP contribution is -2.29. The lowest BCUT2D eigenvalue weighted by molar-refractivity contribution is -0.131. The van der Waals surface area contributed by atoms with Crippen molar-refractivity contribution in [2.75, 3.05) is 25.3 Å². The maximum Gasteiger partial charge on any atom is 0.412 e. The number of carbonyl (C=O) groups excluding carboxylic acids is 1. The smallest absolute Gasteiger partial charge is 0.412 e. The van der Waals surface area contributed by atoms with Gasteiger partial charge in [-0.15, -0.1) is 0 Å². The second-order valence-corrected chi connectivity index (χ2v) is 8.36. The van der Waals surface area contributed by atoms with Crippen molar-refractivity contribution in [1.29, 1.82) is 0 Å². The quantitative estimate of drug-likeness (QED) is 0.409. The van der Waals surface area contributed by atoms with Crippen LogP contribution < -0.4 is 19.5 Å². The van der Waals surface area contributed by atoms with Crippen molar-refractivity contribution in [2.45, 2.75) is 32.8 Å². The third-order valence-electron chi connectivity index (χ3n) is 5.32. The van der Waals surface area contributed by atoms with Crippen LogP contribution in [0.2, 0.25) is 0 Å². The van der Waals surface area contributed by atoms with Gasteiger partial charge >= 0.3 is 12.1 Å². The first kappa shape index (κ1) is 24.9. The Morgan fingerprint density at radius 1 is 1.18 bits per heavy atom. The van der Waals surface area contributed by atoms with E-state index < -0.39 is 23.6 Å². The number of amides is 1. The average molecular weight is 472 g/mol. The number of aliphatic hydroxyl groups is 1. The van der Waals surface area contributed by atoms with Gasteiger partial charge in [-0.05, 0) is 31.0 Å². The molecule has 0 spiro atoms. The highest BCUT2D eigenvalue weighted by Crippen LogP contribution is 2.44. The van der Waals surface area contributed by atoms with Gasteiger partial charge < -0.3 is 29.2 Å². The fraction of sp³-hybridized carbons (Fsp3) is 0.360. The molecular weight excluding hydrogens is 442 g/mol. The van der Waals surface area contributed by atoms with Crippen LogP contribution in [0.15, 0.2) is 54.6 Å². The number of rotatable bonds is 11. The Morgan fingerprint density at radius 3 is 2.71 bits per heavy atom. The summed E-state index contributed by atoms with van der Waals surface area (Å²) in [5.74, 6) is 0.605. The molecule has 34 heavy (non-hydrogen) atoms. The van der Waals surface area contributed by atoms with E-state index >= 15 is 0 Å². The van der Waals surface area contributed by atoms with E-state index in [0.29, 0.717) is 41.3 Å². The number of ether oxygens (including phenoxy) is 4. The van der Waals surface area contributed by atoms with E-state index in [1.807, 2.05) is 19.9 Å². The molecule has 0 aromatic heterocycles. The van der Waals surface area contributed by atoms with Crippen LogP contribution in [0.25, 0.3) is 0 Å². The fourth-order valence-electron chi connectivity index (χ4n) is 3.63. The molecule has 1 amide bonds. The first-order valence-corrected chi connectivity index (χ1v) is 10.9. The zero-order valence-electron chi connectivity index (χ0n) is 19.2. The number of aliphatic hydroxyl groups excluding tert-OH is 1. The van der Waals surface area contributed by atoms with E-state index in [1.165, 1.54) is 0 Å². The van der Waals surface area contributed by atoms with E-state index in [9.17, 15) is 14.7 Å². The predicted octanol–water partition coefficient (Wildman–Crippen LogP) is 4.52. The molecule has 3 rings (SSSR count). The number of carbonyl (C=O) groups is 2. The molecule has 0 saturated carbocycles. The Bertz CT molecular complexity index is 1030. The largest absolute Gasteiger partial charge is 0.491 e. The summed E-state index contributed by atoms with van der Waals surface area (Å²) in [6, 6.07) is 12.2. The van der Waals surface area contributed by atoms with Gasteiger partial charge in [0.1, 0.15) is 18.5 Å². The normalized spacial score (nSPS) is 13.5. The first-order chi connectivity index (χ1) is 16.3. The van der Waals surface area contributed by atoms with Gasteiger partial charge in [-0.3, -0.25) is 5.32 Å². The van der Waals surface area contributed by atoms with Crippen LogP contribution in [0.1, 0.15) is 38.4 Å². The van der Waals surface area contributed by atoms with Crippen molar-refractivity contribution in [3.05, 3.63) is 60.2 Å². The molecule has 0 unspecified atom stereocenters. The van der Waals surface area contributed by atoms with Gasteiger partial charge in [0.25, 0.3) is 0 Å². The van der Waals surface area contributed by atoms with E-state index in [2.05, 4.69) is 5.32 Å². The molecule has 9 nitrogen and oxygen atoms in total. The number of carboxylic acid groups (broad SMARTS) is 1. The summed E-state index contributed by atoms with van der Waals surface area (Å²) in [4.78, 5) is 23.7. The Hall–Kier alpha value is -3.72. The van der Waals surface area contributed by atoms with Crippen molar-refractivity contribution in [3.63, 3.8) is 0 Å². The molecule has 1 atom stereocenters. The molecule has 0 radical (unpaired) electrons. The van der Waals surface area contributed by atoms with Crippen molar-refractivity contribution in [3.8, 4) is 17.2 Å². The number of anilines is 1. The van der Waals surface area contributed by atoms with Crippen molar-refractivity contribution >= 4 is 17.7 Å². The summed E-state index contributed by atoms with van der Waals surface area (Å²) >= 11 is 0. The highest BCUT2D eigenvalue weighted by molar-refractivity contribution is 5.85. The number of nitrogens with one attached hydrogen (secondary N) is 1. The number of benzene rings is 2. The zero-order chi connectivity index (χ0) is 24.6. The topological polar surface area (TPSA) is 124 Å². The summed E-state index contributed by atoms with van der Waals surface area (Å²) in [6.07, 6.45) is 2.28. The summed E-state index contributed by atoms with van der Waals surface area (Å²) in [7, 11) is 0. The summed E-state index contributed by atoms with van der Waals surface area (Å²) in [6.45, 7) is 3.93. The predicted molar refractivity (Wildman–Crippen MR) is 124 cm³/mol. The van der Waals surface area contributed by atoms with E-state index in [1.54, 1.807) is 42.5 Å². The Kier molecular flexibility index (Phi) is 8.37. The number of hydrogen-bond acceptors (Lipinski definition) is 7. The second kappa shape index (κ2) is 11.4. The maximum atomic E-state index is 12.9. The third-order valence-corrected chi connectivity index (χ3v) is 5.32. The van der Waals surface area contributed by atoms with Gasteiger partial charge in [0.05, 0.1) is 6.61 Å². The number of para-hydroxylation sites is 1. The highest BCUT2D eigenvalue weighted by atomic mass is 16.7. The molecule has 9 heteroatoms. The molecule has 0 fully saturated rings. The molecule has 0 saturated heterocycles. The minimum absolute atomic E-state index is 0.0922. The van der Waals surface area contributed by atoms with Gasteiger partial charge in [-0.25, -0.2) is 9.59 Å². The van der Waals surface area contributed by atoms with Crippen LogP contribution in [0.4, 0.5) is 10.5 Å². The number of allylic oxidation sites excluding steroid dienone is 1. The molecule has 2 aromatic carbocycles. The molecular formula is C25H29NO8. The summed E-state index contributed by atoms with van der Waals surface area (Å²) in [5.41, 5.74) is 0.539. The van der Waals surface area contributed by atoms with Crippen molar-refractivity contribution < 1.29 is 38.7 Å². The number of carboxylic acids is 1. The molecule has 0 bridgehead atoms. The number of hydrogen-bond donors (Lipinski definition) is 3. The van der Waals surface area contributed by atoms with Crippen LogP contribution in [0.3, 0.4) is 0 Å². The standard InChI is InChI=1S/C25H29NO8/c1-25(2,12-6-5-9-22(28)29)23(18-7-3-4-8-19(18)31-14-13-27)34-24(30)26-17-10-11-20-21(15-17)33-16-32-20/h3-5,7-11,15,23,27H,6,12-14,16H2,1-2H3,(H,26,30)(H,28,29)/b9-5+/t23-/m0/s1. The van der Waals surface area contributed by atoms with E-state index in [4.69, 9.17) is 24.1 Å². The van der Waals surface area contributed by atoms with Gasteiger partial charge in [0, 0.05) is 28.8 Å². The monoisotopic (exact) mass is 471 g/mol. The van der Waals surface area contributed by atoms with Crippen LogP contribution in [0.5, 0.6) is 17.2 Å². The van der Waals surface area contributed by atoms with Gasteiger partial charge in [-0.1, -0.05) is 38.1 Å². The van der Waals surface area contributed by atoms with Gasteiger partial charge in [0.2, 0.25) is 6.79 Å². The van der Waals surface area contributed by atoms with Crippen LogP contribution >= 0.6 is 0 Å². The Morgan fingerprint density at radius 2 is 1.94 bits per heavy atom. The molecule has 182 valence electrons. The molecule has 1 heterocycles. The fourth-order valence-corrected chi connectivity index (χ4v) is 3.63. The number of fused-ring (bicyclic) bond motifs is 1. The molecule has 2 aromatic rings. The lowest BCUT2D eigenvalue weighted by Gasteiger charge is -2.35.